The molecule has 2 aromatic carbocycles. The first-order valence-corrected chi connectivity index (χ1v) is 8.36. The Morgan fingerprint density at radius 3 is 2.74 bits per heavy atom. The monoisotopic (exact) mass is 324 g/mol. The van der Waals surface area contributed by atoms with E-state index in [4.69, 9.17) is 11.6 Å². The van der Waals surface area contributed by atoms with Gasteiger partial charge in [0.15, 0.2) is 11.3 Å². The normalized spacial score (nSPS) is 26.3. The quantitative estimate of drug-likeness (QED) is 0.739. The van der Waals surface area contributed by atoms with Crippen molar-refractivity contribution >= 4 is 17.4 Å². The molecule has 1 aliphatic carbocycles. The maximum Gasteiger partial charge on any atom is 0.193 e. The number of Topliss-reactive ketones (excluding diaryl/α,β-unsaturated/α-hetero) is 1. The fraction of sp³-hybridized carbons (Fsp3) is 0.316. The van der Waals surface area contributed by atoms with Crippen LogP contribution in [0.1, 0.15) is 40.2 Å². The van der Waals surface area contributed by atoms with Crippen molar-refractivity contribution in [1.29, 1.82) is 0 Å². The molecule has 0 amide bonds. The summed E-state index contributed by atoms with van der Waals surface area (Å²) in [5.74, 6) is 0.0200. The zero-order valence-electron chi connectivity index (χ0n) is 12.7. The van der Waals surface area contributed by atoms with Crippen molar-refractivity contribution in [3.8, 4) is 0 Å². The highest BCUT2D eigenvalue weighted by atomic mass is 35.5. The Bertz CT molecular complexity index is 801. The summed E-state index contributed by atoms with van der Waals surface area (Å²) < 4.78 is 0. The largest absolute Gasteiger partial charge is 0.291 e. The van der Waals surface area contributed by atoms with Gasteiger partial charge in [-0.25, -0.2) is 0 Å². The standard InChI is InChI=1S/C19H17ClN2O/c20-17-10-4-3-9-15(17)16-12-21-22-19(16)11-5-7-13-6-1-2-8-14(13)18(19)23/h1-4,6,8-10,16H,5,7,11-12H2. The third-order valence-corrected chi connectivity index (χ3v) is 5.37. The van der Waals surface area contributed by atoms with Gasteiger partial charge in [0.25, 0.3) is 0 Å². The molecule has 0 saturated carbocycles. The Kier molecular flexibility index (Phi) is 3.53. The minimum Gasteiger partial charge on any atom is -0.291 e. The second kappa shape index (κ2) is 5.57. The van der Waals surface area contributed by atoms with E-state index in [-0.39, 0.29) is 11.7 Å². The van der Waals surface area contributed by atoms with E-state index >= 15 is 0 Å². The summed E-state index contributed by atoms with van der Waals surface area (Å²) in [6.45, 7) is 0.525. The van der Waals surface area contributed by atoms with E-state index in [0.717, 1.165) is 36.0 Å². The van der Waals surface area contributed by atoms with Crippen molar-refractivity contribution < 1.29 is 4.79 Å². The highest BCUT2D eigenvalue weighted by Gasteiger charge is 2.51. The fourth-order valence-corrected chi connectivity index (χ4v) is 4.13. The van der Waals surface area contributed by atoms with Crippen LogP contribution >= 0.6 is 11.6 Å². The molecule has 2 aromatic rings. The van der Waals surface area contributed by atoms with Crippen LogP contribution < -0.4 is 0 Å². The summed E-state index contributed by atoms with van der Waals surface area (Å²) in [6, 6.07) is 15.6. The predicted octanol–water partition coefficient (Wildman–Crippen LogP) is 4.85. The number of rotatable bonds is 1. The molecule has 4 rings (SSSR count). The fourth-order valence-electron chi connectivity index (χ4n) is 3.87. The number of azo groups is 1. The molecule has 0 fully saturated rings. The molecule has 2 aliphatic rings. The molecule has 1 heterocycles. The summed E-state index contributed by atoms with van der Waals surface area (Å²) in [5, 5.41) is 9.44. The first-order chi connectivity index (χ1) is 11.2. The number of benzene rings is 2. The Labute approximate surface area is 140 Å². The van der Waals surface area contributed by atoms with Gasteiger partial charge in [0.2, 0.25) is 0 Å². The molecule has 0 aromatic heterocycles. The van der Waals surface area contributed by atoms with Crippen molar-refractivity contribution in [3.63, 3.8) is 0 Å². The molecule has 1 spiro atoms. The van der Waals surface area contributed by atoms with E-state index in [2.05, 4.69) is 10.2 Å². The summed E-state index contributed by atoms with van der Waals surface area (Å²) in [7, 11) is 0. The molecule has 2 unspecified atom stereocenters. The lowest BCUT2D eigenvalue weighted by Crippen LogP contribution is -2.41. The van der Waals surface area contributed by atoms with Crippen LogP contribution in [0.2, 0.25) is 5.02 Å². The number of fused-ring (bicyclic) bond motifs is 1. The number of hydrogen-bond acceptors (Lipinski definition) is 3. The Morgan fingerprint density at radius 1 is 1.09 bits per heavy atom. The van der Waals surface area contributed by atoms with E-state index in [1.165, 1.54) is 0 Å². The van der Waals surface area contributed by atoms with E-state index in [1.54, 1.807) is 0 Å². The average molecular weight is 325 g/mol. The number of carbonyl (C=O) groups excluding carboxylic acids is 1. The van der Waals surface area contributed by atoms with Gasteiger partial charge in [-0.3, -0.25) is 4.79 Å². The molecule has 2 atom stereocenters. The van der Waals surface area contributed by atoms with Crippen LogP contribution in [0.5, 0.6) is 0 Å². The SMILES string of the molecule is O=C1c2ccccc2CCCC12N=NCC2c1ccccc1Cl. The van der Waals surface area contributed by atoms with Gasteiger partial charge in [-0.05, 0) is 36.5 Å². The molecular weight excluding hydrogens is 308 g/mol. The average Bonchev–Trinajstić information content (AvgIpc) is 2.93. The molecule has 0 saturated heterocycles. The zero-order valence-corrected chi connectivity index (χ0v) is 13.5. The lowest BCUT2D eigenvalue weighted by Gasteiger charge is -2.30. The van der Waals surface area contributed by atoms with Crippen molar-refractivity contribution in [1.82, 2.24) is 0 Å². The number of nitrogens with zero attached hydrogens (tertiary/aromatic N) is 2. The van der Waals surface area contributed by atoms with Gasteiger partial charge >= 0.3 is 0 Å². The van der Waals surface area contributed by atoms with E-state index in [1.807, 2.05) is 48.5 Å². The van der Waals surface area contributed by atoms with Crippen LogP contribution in [0.3, 0.4) is 0 Å². The molecular formula is C19H17ClN2O. The summed E-state index contributed by atoms with van der Waals surface area (Å²) in [5.41, 5.74) is 2.10. The van der Waals surface area contributed by atoms with E-state index < -0.39 is 5.54 Å². The lowest BCUT2D eigenvalue weighted by molar-refractivity contribution is 0.0870. The smallest absolute Gasteiger partial charge is 0.193 e. The van der Waals surface area contributed by atoms with Crippen LogP contribution in [-0.2, 0) is 6.42 Å². The number of carbonyl (C=O) groups is 1. The molecule has 23 heavy (non-hydrogen) atoms. The first-order valence-electron chi connectivity index (χ1n) is 7.98. The van der Waals surface area contributed by atoms with Crippen molar-refractivity contribution in [2.45, 2.75) is 30.7 Å². The Hall–Kier alpha value is -2.00. The van der Waals surface area contributed by atoms with Gasteiger partial charge < -0.3 is 0 Å². The number of hydrogen-bond donors (Lipinski definition) is 0. The maximum absolute atomic E-state index is 13.4. The molecule has 1 aliphatic heterocycles. The topological polar surface area (TPSA) is 41.8 Å². The van der Waals surface area contributed by atoms with Gasteiger partial charge in [-0.2, -0.15) is 10.2 Å². The van der Waals surface area contributed by atoms with Crippen molar-refractivity contribution in [2.75, 3.05) is 6.54 Å². The maximum atomic E-state index is 13.4. The van der Waals surface area contributed by atoms with Gasteiger partial charge in [-0.1, -0.05) is 54.1 Å². The summed E-state index contributed by atoms with van der Waals surface area (Å²) in [4.78, 5) is 13.4. The van der Waals surface area contributed by atoms with Crippen LogP contribution in [0.25, 0.3) is 0 Å². The van der Waals surface area contributed by atoms with E-state index in [0.29, 0.717) is 11.6 Å². The van der Waals surface area contributed by atoms with Gasteiger partial charge in [0, 0.05) is 16.5 Å². The van der Waals surface area contributed by atoms with Crippen molar-refractivity contribution in [2.24, 2.45) is 10.2 Å². The molecule has 3 nitrogen and oxygen atoms in total. The summed E-state index contributed by atoms with van der Waals surface area (Å²) in [6.07, 6.45) is 2.57. The molecule has 4 heteroatoms. The third-order valence-electron chi connectivity index (χ3n) is 5.03. The minimum atomic E-state index is -0.794. The van der Waals surface area contributed by atoms with Crippen LogP contribution in [0.15, 0.2) is 58.8 Å². The Balaban J connectivity index is 1.84. The van der Waals surface area contributed by atoms with Gasteiger partial charge in [0.1, 0.15) is 0 Å². The van der Waals surface area contributed by atoms with Crippen LogP contribution in [-0.4, -0.2) is 17.9 Å². The van der Waals surface area contributed by atoms with Crippen LogP contribution in [0.4, 0.5) is 0 Å². The predicted molar refractivity (Wildman–Crippen MR) is 90.4 cm³/mol. The molecule has 0 bridgehead atoms. The highest BCUT2D eigenvalue weighted by molar-refractivity contribution is 6.31. The third kappa shape index (κ3) is 2.22. The molecule has 0 N–H and O–H groups in total. The zero-order chi connectivity index (χ0) is 15.9. The number of ketones is 1. The lowest BCUT2D eigenvalue weighted by atomic mass is 9.74. The molecule has 0 radical (unpaired) electrons. The molecule has 116 valence electrons. The summed E-state index contributed by atoms with van der Waals surface area (Å²) >= 11 is 6.40. The van der Waals surface area contributed by atoms with Gasteiger partial charge in [-0.15, -0.1) is 0 Å². The minimum absolute atomic E-state index is 0.0742. The highest BCUT2D eigenvalue weighted by Crippen LogP contribution is 2.46. The van der Waals surface area contributed by atoms with Crippen molar-refractivity contribution in [3.05, 3.63) is 70.2 Å². The number of aryl methyl sites for hydroxylation is 1. The second-order valence-corrected chi connectivity index (χ2v) is 6.67. The number of halogens is 1. The van der Waals surface area contributed by atoms with Crippen LogP contribution in [0, 0.1) is 0 Å². The Morgan fingerprint density at radius 2 is 1.87 bits per heavy atom. The van der Waals surface area contributed by atoms with Gasteiger partial charge in [0.05, 0.1) is 6.54 Å². The van der Waals surface area contributed by atoms with E-state index in [9.17, 15) is 4.79 Å². The first kappa shape index (κ1) is 14.6. The second-order valence-electron chi connectivity index (χ2n) is 6.26.